The quantitative estimate of drug-likeness (QED) is 0.722. The summed E-state index contributed by atoms with van der Waals surface area (Å²) in [6.45, 7) is 10.5. The molecule has 2 N–H and O–H groups in total. The molecule has 0 bridgehead atoms. The number of carbonyl (C=O) groups excluding carboxylic acids is 1. The van der Waals surface area contributed by atoms with Crippen LogP contribution in [-0.2, 0) is 9.53 Å². The van der Waals surface area contributed by atoms with Crippen LogP contribution in [0.15, 0.2) is 0 Å². The van der Waals surface area contributed by atoms with E-state index >= 15 is 0 Å². The zero-order valence-corrected chi connectivity index (χ0v) is 13.3. The molecule has 1 amide bonds. The normalized spacial score (nSPS) is 23.2. The third kappa shape index (κ3) is 4.92. The van der Waals surface area contributed by atoms with E-state index in [0.717, 1.165) is 58.7 Å². The number of hydrogen-bond acceptors (Lipinski definition) is 5. The van der Waals surface area contributed by atoms with Gasteiger partial charge in [-0.2, -0.15) is 0 Å². The van der Waals surface area contributed by atoms with Gasteiger partial charge in [0.15, 0.2) is 0 Å². The Morgan fingerprint density at radius 1 is 1.14 bits per heavy atom. The zero-order valence-electron chi connectivity index (χ0n) is 13.3. The lowest BCUT2D eigenvalue weighted by molar-refractivity contribution is -0.137. The third-order valence-electron chi connectivity index (χ3n) is 4.62. The van der Waals surface area contributed by atoms with Crippen LogP contribution in [0.4, 0.5) is 0 Å². The van der Waals surface area contributed by atoms with E-state index in [9.17, 15) is 4.79 Å². The number of morpholine rings is 1. The van der Waals surface area contributed by atoms with Crippen molar-refractivity contribution < 1.29 is 9.53 Å². The van der Waals surface area contributed by atoms with E-state index in [4.69, 9.17) is 10.5 Å². The van der Waals surface area contributed by atoms with Crippen LogP contribution in [0.3, 0.4) is 0 Å². The first kappa shape index (κ1) is 16.7. The molecule has 2 aliphatic rings. The second-order valence-corrected chi connectivity index (χ2v) is 5.94. The Balaban J connectivity index is 1.72. The molecule has 2 saturated heterocycles. The SMILES string of the molecule is CCC(CCN)N1CCN(CC(=O)N2CCOCC2)CC1. The van der Waals surface area contributed by atoms with E-state index in [1.807, 2.05) is 4.90 Å². The van der Waals surface area contributed by atoms with Crippen LogP contribution < -0.4 is 5.73 Å². The van der Waals surface area contributed by atoms with Gasteiger partial charge in [-0.3, -0.25) is 14.6 Å². The van der Waals surface area contributed by atoms with Crippen LogP contribution in [-0.4, -0.2) is 92.2 Å². The fourth-order valence-electron chi connectivity index (χ4n) is 3.23. The standard InChI is InChI=1S/C15H30N4O2/c1-2-14(3-4-16)18-7-5-17(6-8-18)13-15(20)19-9-11-21-12-10-19/h14H,2-13,16H2,1H3. The Hall–Kier alpha value is -0.690. The van der Waals surface area contributed by atoms with Crippen LogP contribution in [0.5, 0.6) is 0 Å². The first-order valence-electron chi connectivity index (χ1n) is 8.26. The van der Waals surface area contributed by atoms with Gasteiger partial charge in [0.25, 0.3) is 0 Å². The summed E-state index contributed by atoms with van der Waals surface area (Å²) in [4.78, 5) is 19.0. The number of nitrogens with two attached hydrogens (primary N) is 1. The molecule has 1 unspecified atom stereocenters. The molecular weight excluding hydrogens is 268 g/mol. The molecular formula is C15H30N4O2. The lowest BCUT2D eigenvalue weighted by Crippen LogP contribution is -2.53. The number of ether oxygens (including phenoxy) is 1. The minimum absolute atomic E-state index is 0.251. The number of rotatable bonds is 6. The smallest absolute Gasteiger partial charge is 0.236 e. The molecule has 0 aromatic rings. The molecule has 1 atom stereocenters. The number of amides is 1. The van der Waals surface area contributed by atoms with E-state index in [-0.39, 0.29) is 5.91 Å². The van der Waals surface area contributed by atoms with Crippen molar-refractivity contribution in [1.82, 2.24) is 14.7 Å². The van der Waals surface area contributed by atoms with E-state index in [1.165, 1.54) is 0 Å². The van der Waals surface area contributed by atoms with Gasteiger partial charge in [-0.1, -0.05) is 6.92 Å². The average Bonchev–Trinajstić information content (AvgIpc) is 2.54. The summed E-state index contributed by atoms with van der Waals surface area (Å²) in [7, 11) is 0. The topological polar surface area (TPSA) is 62.0 Å². The molecule has 0 radical (unpaired) electrons. The molecule has 0 aromatic heterocycles. The van der Waals surface area contributed by atoms with Crippen LogP contribution in [0.2, 0.25) is 0 Å². The lowest BCUT2D eigenvalue weighted by Gasteiger charge is -2.39. The van der Waals surface area contributed by atoms with E-state index in [2.05, 4.69) is 16.7 Å². The molecule has 2 fully saturated rings. The summed E-state index contributed by atoms with van der Waals surface area (Å²) < 4.78 is 5.29. The Bertz CT molecular complexity index is 313. The van der Waals surface area contributed by atoms with Gasteiger partial charge in [0, 0.05) is 45.3 Å². The van der Waals surface area contributed by atoms with Gasteiger partial charge in [0.1, 0.15) is 0 Å². The fraction of sp³-hybridized carbons (Fsp3) is 0.933. The second kappa shape index (κ2) is 8.68. The first-order valence-corrected chi connectivity index (χ1v) is 8.26. The highest BCUT2D eigenvalue weighted by Gasteiger charge is 2.25. The molecule has 0 aromatic carbocycles. The van der Waals surface area contributed by atoms with Crippen LogP contribution in [0.1, 0.15) is 19.8 Å². The van der Waals surface area contributed by atoms with E-state index in [1.54, 1.807) is 0 Å². The molecule has 122 valence electrons. The molecule has 0 saturated carbocycles. The number of nitrogens with zero attached hydrogens (tertiary/aromatic N) is 3. The summed E-state index contributed by atoms with van der Waals surface area (Å²) >= 11 is 0. The summed E-state index contributed by atoms with van der Waals surface area (Å²) in [6, 6.07) is 0.604. The summed E-state index contributed by atoms with van der Waals surface area (Å²) in [5, 5.41) is 0. The Morgan fingerprint density at radius 3 is 2.38 bits per heavy atom. The van der Waals surface area contributed by atoms with Gasteiger partial charge in [0.05, 0.1) is 19.8 Å². The number of carbonyl (C=O) groups is 1. The van der Waals surface area contributed by atoms with Gasteiger partial charge >= 0.3 is 0 Å². The van der Waals surface area contributed by atoms with E-state index < -0.39 is 0 Å². The number of piperazine rings is 1. The maximum absolute atomic E-state index is 12.2. The van der Waals surface area contributed by atoms with Crippen molar-refractivity contribution in [2.45, 2.75) is 25.8 Å². The Morgan fingerprint density at radius 2 is 1.81 bits per heavy atom. The minimum Gasteiger partial charge on any atom is -0.378 e. The predicted octanol–water partition coefficient (Wildman–Crippen LogP) is -0.410. The molecule has 21 heavy (non-hydrogen) atoms. The van der Waals surface area contributed by atoms with Crippen molar-refractivity contribution in [3.8, 4) is 0 Å². The van der Waals surface area contributed by atoms with Crippen molar-refractivity contribution in [3.63, 3.8) is 0 Å². The van der Waals surface area contributed by atoms with Crippen LogP contribution in [0.25, 0.3) is 0 Å². The van der Waals surface area contributed by atoms with Crippen molar-refractivity contribution >= 4 is 5.91 Å². The van der Waals surface area contributed by atoms with Gasteiger partial charge in [-0.25, -0.2) is 0 Å². The highest BCUT2D eigenvalue weighted by molar-refractivity contribution is 5.78. The Labute approximate surface area is 128 Å². The molecule has 2 heterocycles. The molecule has 0 spiro atoms. The summed E-state index contributed by atoms with van der Waals surface area (Å²) in [5.74, 6) is 0.251. The molecule has 2 rings (SSSR count). The fourth-order valence-corrected chi connectivity index (χ4v) is 3.23. The molecule has 6 nitrogen and oxygen atoms in total. The van der Waals surface area contributed by atoms with Crippen molar-refractivity contribution in [2.75, 3.05) is 65.6 Å². The third-order valence-corrected chi connectivity index (χ3v) is 4.62. The van der Waals surface area contributed by atoms with Gasteiger partial charge < -0.3 is 15.4 Å². The van der Waals surface area contributed by atoms with E-state index in [0.29, 0.717) is 25.8 Å². The summed E-state index contributed by atoms with van der Waals surface area (Å²) in [6.07, 6.45) is 2.23. The average molecular weight is 298 g/mol. The first-order chi connectivity index (χ1) is 10.2. The predicted molar refractivity (Wildman–Crippen MR) is 83.2 cm³/mol. The van der Waals surface area contributed by atoms with Crippen molar-refractivity contribution in [3.05, 3.63) is 0 Å². The molecule has 2 aliphatic heterocycles. The van der Waals surface area contributed by atoms with Gasteiger partial charge in [-0.05, 0) is 19.4 Å². The zero-order chi connectivity index (χ0) is 15.1. The van der Waals surface area contributed by atoms with Crippen LogP contribution >= 0.6 is 0 Å². The van der Waals surface area contributed by atoms with Crippen molar-refractivity contribution in [1.29, 1.82) is 0 Å². The maximum atomic E-state index is 12.2. The maximum Gasteiger partial charge on any atom is 0.236 e. The summed E-state index contributed by atoms with van der Waals surface area (Å²) in [5.41, 5.74) is 5.69. The van der Waals surface area contributed by atoms with Crippen LogP contribution in [0, 0.1) is 0 Å². The second-order valence-electron chi connectivity index (χ2n) is 5.94. The van der Waals surface area contributed by atoms with Gasteiger partial charge in [0.2, 0.25) is 5.91 Å². The molecule has 0 aliphatic carbocycles. The largest absolute Gasteiger partial charge is 0.378 e. The van der Waals surface area contributed by atoms with Gasteiger partial charge in [-0.15, -0.1) is 0 Å². The monoisotopic (exact) mass is 298 g/mol. The van der Waals surface area contributed by atoms with Crippen molar-refractivity contribution in [2.24, 2.45) is 5.73 Å². The highest BCUT2D eigenvalue weighted by atomic mass is 16.5. The highest BCUT2D eigenvalue weighted by Crippen LogP contribution is 2.12. The molecule has 6 heteroatoms. The Kier molecular flexibility index (Phi) is 6.89. The lowest BCUT2D eigenvalue weighted by atomic mass is 10.1. The minimum atomic E-state index is 0.251. The number of hydrogen-bond donors (Lipinski definition) is 1.